The maximum atomic E-state index is 12.0. The fourth-order valence-electron chi connectivity index (χ4n) is 1.58. The zero-order valence-electron chi connectivity index (χ0n) is 10.2. The van der Waals surface area contributed by atoms with Crippen molar-refractivity contribution in [2.75, 3.05) is 5.32 Å². The predicted molar refractivity (Wildman–Crippen MR) is 74.3 cm³/mol. The van der Waals surface area contributed by atoms with Gasteiger partial charge in [-0.15, -0.1) is 0 Å². The maximum absolute atomic E-state index is 12.0. The standard InChI is InChI=1S/C12H12Cl2N4O/c1-8(5-18-7-15-6-16-18)12(19)17-11-3-9(13)2-10(14)4-11/h2-4,6-8H,5H2,1H3,(H,17,19)/t8-/m1/s1. The molecule has 0 saturated heterocycles. The highest BCUT2D eigenvalue weighted by atomic mass is 35.5. The van der Waals surface area contributed by atoms with Crippen LogP contribution in [0.15, 0.2) is 30.9 Å². The second-order valence-electron chi connectivity index (χ2n) is 4.17. The van der Waals surface area contributed by atoms with E-state index in [4.69, 9.17) is 23.2 Å². The lowest BCUT2D eigenvalue weighted by Crippen LogP contribution is -2.24. The van der Waals surface area contributed by atoms with Crippen LogP contribution in [0, 0.1) is 5.92 Å². The van der Waals surface area contributed by atoms with Crippen LogP contribution in [0.5, 0.6) is 0 Å². The van der Waals surface area contributed by atoms with Gasteiger partial charge < -0.3 is 5.32 Å². The largest absolute Gasteiger partial charge is 0.326 e. The van der Waals surface area contributed by atoms with Gasteiger partial charge in [-0.05, 0) is 18.2 Å². The number of carbonyl (C=O) groups is 1. The number of hydrogen-bond acceptors (Lipinski definition) is 3. The van der Waals surface area contributed by atoms with E-state index in [-0.39, 0.29) is 11.8 Å². The second kappa shape index (κ2) is 6.04. The van der Waals surface area contributed by atoms with Gasteiger partial charge in [0.05, 0.1) is 12.5 Å². The molecular formula is C12H12Cl2N4O. The van der Waals surface area contributed by atoms with Gasteiger partial charge in [-0.25, -0.2) is 4.98 Å². The Morgan fingerprint density at radius 2 is 2.05 bits per heavy atom. The predicted octanol–water partition coefficient (Wildman–Crippen LogP) is 2.86. The molecule has 0 fully saturated rings. The molecule has 5 nitrogen and oxygen atoms in total. The van der Waals surface area contributed by atoms with Gasteiger partial charge in [-0.1, -0.05) is 30.1 Å². The summed E-state index contributed by atoms with van der Waals surface area (Å²) in [6.07, 6.45) is 3.00. The average molecular weight is 299 g/mol. The molecule has 0 aliphatic rings. The molecule has 0 aliphatic carbocycles. The number of carbonyl (C=O) groups excluding carboxylic acids is 1. The number of rotatable bonds is 4. The Labute approximate surface area is 120 Å². The third-order valence-electron chi connectivity index (χ3n) is 2.51. The minimum Gasteiger partial charge on any atom is -0.326 e. The summed E-state index contributed by atoms with van der Waals surface area (Å²) in [6, 6.07) is 4.90. The second-order valence-corrected chi connectivity index (χ2v) is 5.04. The van der Waals surface area contributed by atoms with Gasteiger partial charge >= 0.3 is 0 Å². The molecule has 0 spiro atoms. The fourth-order valence-corrected chi connectivity index (χ4v) is 2.11. The third-order valence-corrected chi connectivity index (χ3v) is 2.94. The Morgan fingerprint density at radius 1 is 1.37 bits per heavy atom. The summed E-state index contributed by atoms with van der Waals surface area (Å²) in [6.45, 7) is 2.27. The van der Waals surface area contributed by atoms with Gasteiger partial charge in [0.25, 0.3) is 0 Å². The first-order valence-electron chi connectivity index (χ1n) is 5.64. The number of nitrogens with one attached hydrogen (secondary N) is 1. The smallest absolute Gasteiger partial charge is 0.229 e. The quantitative estimate of drug-likeness (QED) is 0.944. The molecule has 2 aromatic rings. The van der Waals surface area contributed by atoms with Gasteiger partial charge in [0, 0.05) is 15.7 Å². The normalized spacial score (nSPS) is 12.2. The van der Waals surface area contributed by atoms with Gasteiger partial charge in [0.1, 0.15) is 12.7 Å². The van der Waals surface area contributed by atoms with E-state index in [1.807, 2.05) is 6.92 Å². The minimum atomic E-state index is -0.251. The van der Waals surface area contributed by atoms with Crippen LogP contribution in [0.25, 0.3) is 0 Å². The highest BCUT2D eigenvalue weighted by molar-refractivity contribution is 6.35. The van der Waals surface area contributed by atoms with Gasteiger partial charge in [0.2, 0.25) is 5.91 Å². The van der Waals surface area contributed by atoms with Crippen LogP contribution in [-0.4, -0.2) is 20.7 Å². The lowest BCUT2D eigenvalue weighted by Gasteiger charge is -2.12. The monoisotopic (exact) mass is 298 g/mol. The van der Waals surface area contributed by atoms with Crippen LogP contribution in [0.1, 0.15) is 6.92 Å². The molecular weight excluding hydrogens is 287 g/mol. The highest BCUT2D eigenvalue weighted by Gasteiger charge is 2.14. The van der Waals surface area contributed by atoms with E-state index in [9.17, 15) is 4.79 Å². The Kier molecular flexibility index (Phi) is 4.39. The summed E-state index contributed by atoms with van der Waals surface area (Å²) >= 11 is 11.7. The lowest BCUT2D eigenvalue weighted by atomic mass is 10.1. The molecule has 2 rings (SSSR count). The van der Waals surface area contributed by atoms with Crippen molar-refractivity contribution in [3.63, 3.8) is 0 Å². The minimum absolute atomic E-state index is 0.131. The first-order chi connectivity index (χ1) is 9.04. The lowest BCUT2D eigenvalue weighted by molar-refractivity contribution is -0.119. The summed E-state index contributed by atoms with van der Waals surface area (Å²) in [5, 5.41) is 7.68. The van der Waals surface area contributed by atoms with E-state index < -0.39 is 0 Å². The van der Waals surface area contributed by atoms with Crippen LogP contribution >= 0.6 is 23.2 Å². The van der Waals surface area contributed by atoms with Crippen molar-refractivity contribution in [2.45, 2.75) is 13.5 Å². The number of aromatic nitrogens is 3. The van der Waals surface area contributed by atoms with Crippen LogP contribution < -0.4 is 5.32 Å². The van der Waals surface area contributed by atoms with Crippen LogP contribution in [0.3, 0.4) is 0 Å². The van der Waals surface area contributed by atoms with Crippen LogP contribution in [0.4, 0.5) is 5.69 Å². The molecule has 1 aromatic heterocycles. The average Bonchev–Trinajstić information content (AvgIpc) is 2.80. The van der Waals surface area contributed by atoms with Crippen molar-refractivity contribution in [1.82, 2.24) is 14.8 Å². The first kappa shape index (κ1) is 13.8. The number of hydrogen-bond donors (Lipinski definition) is 1. The van der Waals surface area contributed by atoms with Crippen LogP contribution in [0.2, 0.25) is 10.0 Å². The van der Waals surface area contributed by atoms with Gasteiger partial charge in [-0.3, -0.25) is 9.48 Å². The summed E-state index contributed by atoms with van der Waals surface area (Å²) in [5.41, 5.74) is 0.577. The van der Waals surface area contributed by atoms with Crippen molar-refractivity contribution >= 4 is 34.8 Å². The number of amides is 1. The molecule has 19 heavy (non-hydrogen) atoms. The number of halogens is 2. The van der Waals surface area contributed by atoms with Crippen LogP contribution in [-0.2, 0) is 11.3 Å². The molecule has 1 amide bonds. The van der Waals surface area contributed by atoms with E-state index in [2.05, 4.69) is 15.4 Å². The van der Waals surface area contributed by atoms with Crippen molar-refractivity contribution < 1.29 is 4.79 Å². The summed E-state index contributed by atoms with van der Waals surface area (Å²) < 4.78 is 1.61. The van der Waals surface area contributed by atoms with Gasteiger partial charge in [0.15, 0.2) is 0 Å². The maximum Gasteiger partial charge on any atom is 0.229 e. The molecule has 0 bridgehead atoms. The van der Waals surface area contributed by atoms with E-state index in [0.717, 1.165) is 0 Å². The zero-order chi connectivity index (χ0) is 13.8. The molecule has 1 N–H and O–H groups in total. The van der Waals surface area contributed by atoms with E-state index in [0.29, 0.717) is 22.3 Å². The van der Waals surface area contributed by atoms with Crippen molar-refractivity contribution in [1.29, 1.82) is 0 Å². The van der Waals surface area contributed by atoms with Crippen molar-refractivity contribution in [3.05, 3.63) is 40.9 Å². The Morgan fingerprint density at radius 3 is 2.63 bits per heavy atom. The third kappa shape index (κ3) is 3.94. The number of nitrogens with zero attached hydrogens (tertiary/aromatic N) is 3. The van der Waals surface area contributed by atoms with E-state index >= 15 is 0 Å². The van der Waals surface area contributed by atoms with Crippen molar-refractivity contribution in [2.24, 2.45) is 5.92 Å². The number of anilines is 1. The molecule has 0 radical (unpaired) electrons. The molecule has 7 heteroatoms. The Hall–Kier alpha value is -1.59. The molecule has 1 aromatic carbocycles. The molecule has 0 saturated carbocycles. The summed E-state index contributed by atoms with van der Waals surface area (Å²) in [7, 11) is 0. The zero-order valence-corrected chi connectivity index (χ0v) is 11.7. The van der Waals surface area contributed by atoms with Crippen molar-refractivity contribution in [3.8, 4) is 0 Å². The Balaban J connectivity index is 2.00. The summed E-state index contributed by atoms with van der Waals surface area (Å²) in [5.74, 6) is -0.381. The molecule has 100 valence electrons. The fraction of sp³-hybridized carbons (Fsp3) is 0.250. The molecule has 0 unspecified atom stereocenters. The molecule has 0 aliphatic heterocycles. The molecule has 1 heterocycles. The highest BCUT2D eigenvalue weighted by Crippen LogP contribution is 2.22. The summed E-state index contributed by atoms with van der Waals surface area (Å²) in [4.78, 5) is 15.8. The van der Waals surface area contributed by atoms with E-state index in [1.165, 1.54) is 6.33 Å². The van der Waals surface area contributed by atoms with Gasteiger partial charge in [-0.2, -0.15) is 5.10 Å². The Bertz CT molecular complexity index is 551. The topological polar surface area (TPSA) is 59.8 Å². The first-order valence-corrected chi connectivity index (χ1v) is 6.39. The number of benzene rings is 1. The molecule has 1 atom stereocenters. The SMILES string of the molecule is C[C@H](Cn1cncn1)C(=O)Nc1cc(Cl)cc(Cl)c1. The van der Waals surface area contributed by atoms with E-state index in [1.54, 1.807) is 29.2 Å².